The fraction of sp³-hybridized carbons (Fsp3) is 0.125. The lowest BCUT2D eigenvalue weighted by molar-refractivity contribution is 0.316. The molecule has 0 amide bonds. The van der Waals surface area contributed by atoms with E-state index in [1.165, 1.54) is 0 Å². The van der Waals surface area contributed by atoms with Crippen LogP contribution in [-0.4, -0.2) is 21.6 Å². The van der Waals surface area contributed by atoms with E-state index in [-0.39, 0.29) is 0 Å². The Morgan fingerprint density at radius 1 is 0.929 bits per heavy atom. The molecule has 0 aliphatic carbocycles. The third-order valence-corrected chi connectivity index (χ3v) is 3.55. The van der Waals surface area contributed by atoms with Crippen LogP contribution in [-0.2, 0) is 0 Å². The van der Waals surface area contributed by atoms with Gasteiger partial charge < -0.3 is 4.74 Å². The van der Waals surface area contributed by atoms with Gasteiger partial charge in [0.25, 0.3) is 0 Å². The van der Waals surface area contributed by atoms with Crippen LogP contribution in [0.3, 0.4) is 0 Å². The Morgan fingerprint density at radius 2 is 1.86 bits per heavy atom. The second-order valence-corrected chi connectivity index (χ2v) is 5.79. The van der Waals surface area contributed by atoms with Crippen molar-refractivity contribution in [1.82, 2.24) is 15.0 Å². The van der Waals surface area contributed by atoms with Gasteiger partial charge in [0.1, 0.15) is 11.4 Å². The number of ether oxygens (including phenoxy) is 1. The number of pyridine rings is 3. The molecule has 3 aromatic rings. The van der Waals surface area contributed by atoms with Crippen LogP contribution < -0.4 is 4.74 Å². The van der Waals surface area contributed by atoms with Gasteiger partial charge in [-0.15, -0.1) is 0 Å². The van der Waals surface area contributed by atoms with E-state index in [1.807, 2.05) is 42.5 Å². The van der Waals surface area contributed by atoms with E-state index in [9.17, 15) is 0 Å². The van der Waals surface area contributed by atoms with Gasteiger partial charge in [-0.25, -0.2) is 4.98 Å². The summed E-state index contributed by atoms with van der Waals surface area (Å²) in [5.74, 6) is 12.8. The minimum atomic E-state index is 0.689. The third kappa shape index (κ3) is 6.12. The van der Waals surface area contributed by atoms with E-state index in [0.29, 0.717) is 12.3 Å². The van der Waals surface area contributed by atoms with Crippen LogP contribution in [0.1, 0.15) is 35.9 Å². The summed E-state index contributed by atoms with van der Waals surface area (Å²) in [7, 11) is 0. The minimum Gasteiger partial charge on any atom is -0.492 e. The van der Waals surface area contributed by atoms with Crippen LogP contribution >= 0.6 is 0 Å². The van der Waals surface area contributed by atoms with Gasteiger partial charge >= 0.3 is 0 Å². The number of rotatable bonds is 4. The van der Waals surface area contributed by atoms with Crippen molar-refractivity contribution in [1.29, 1.82) is 0 Å². The largest absolute Gasteiger partial charge is 0.492 e. The lowest BCUT2D eigenvalue weighted by Crippen LogP contribution is -1.95. The van der Waals surface area contributed by atoms with Gasteiger partial charge in [-0.2, -0.15) is 0 Å². The Kier molecular flexibility index (Phi) is 6.95. The molecule has 0 unspecified atom stereocenters. The first kappa shape index (κ1) is 18.9. The number of aromatic nitrogens is 3. The summed E-state index contributed by atoms with van der Waals surface area (Å²) in [4.78, 5) is 12.7. The maximum absolute atomic E-state index is 5.51. The van der Waals surface area contributed by atoms with Gasteiger partial charge in [0, 0.05) is 29.7 Å². The number of hydrogen-bond donors (Lipinski definition) is 0. The van der Waals surface area contributed by atoms with Crippen molar-refractivity contribution in [2.24, 2.45) is 0 Å². The summed E-state index contributed by atoms with van der Waals surface area (Å²) in [5, 5.41) is 0. The zero-order valence-corrected chi connectivity index (χ0v) is 15.6. The average Bonchev–Trinajstić information content (AvgIpc) is 2.76. The second-order valence-electron chi connectivity index (χ2n) is 5.79. The predicted molar refractivity (Wildman–Crippen MR) is 110 cm³/mol. The van der Waals surface area contributed by atoms with Crippen molar-refractivity contribution in [3.05, 3.63) is 89.8 Å². The maximum atomic E-state index is 5.51. The van der Waals surface area contributed by atoms with Crippen LogP contribution in [0.5, 0.6) is 5.75 Å². The molecule has 0 aromatic carbocycles. The molecular weight excluding hydrogens is 346 g/mol. The van der Waals surface area contributed by atoms with Gasteiger partial charge in [-0.3, -0.25) is 9.97 Å². The molecule has 0 bridgehead atoms. The molecule has 0 saturated carbocycles. The predicted octanol–water partition coefficient (Wildman–Crippen LogP) is 4.13. The molecule has 4 heteroatoms. The van der Waals surface area contributed by atoms with Gasteiger partial charge in [0.2, 0.25) is 0 Å². The van der Waals surface area contributed by atoms with Crippen LogP contribution in [0, 0.1) is 23.7 Å². The van der Waals surface area contributed by atoms with Crippen molar-refractivity contribution in [2.75, 3.05) is 6.61 Å². The zero-order chi connectivity index (χ0) is 19.4. The molecule has 3 rings (SSSR count). The van der Waals surface area contributed by atoms with E-state index < -0.39 is 0 Å². The van der Waals surface area contributed by atoms with E-state index in [2.05, 4.69) is 45.6 Å². The summed E-state index contributed by atoms with van der Waals surface area (Å²) in [6.45, 7) is 2.76. The number of hydrogen-bond acceptors (Lipinski definition) is 4. The van der Waals surface area contributed by atoms with E-state index in [0.717, 1.165) is 29.0 Å². The van der Waals surface area contributed by atoms with E-state index in [4.69, 9.17) is 4.74 Å². The molecule has 3 aromatic heterocycles. The standard InChI is InChI=1S/C24H19N3O/c1-2-16-28-24-14-13-23(27-19-24)12-10-21-9-11-22(26-18-21)8-4-3-6-20-7-5-15-25-17-20/h4-5,7-9,11,13-15,17-19H,2,16H2,1H3/b8-4+. The quantitative estimate of drug-likeness (QED) is 0.653. The topological polar surface area (TPSA) is 47.9 Å². The molecule has 4 nitrogen and oxygen atoms in total. The van der Waals surface area contributed by atoms with Crippen LogP contribution in [0.2, 0.25) is 0 Å². The monoisotopic (exact) mass is 365 g/mol. The van der Waals surface area contributed by atoms with Crippen LogP contribution in [0.25, 0.3) is 6.08 Å². The van der Waals surface area contributed by atoms with Crippen molar-refractivity contribution < 1.29 is 4.74 Å². The molecule has 0 aliphatic rings. The molecule has 0 N–H and O–H groups in total. The summed E-state index contributed by atoms with van der Waals surface area (Å²) < 4.78 is 5.51. The summed E-state index contributed by atoms with van der Waals surface area (Å²) in [5.41, 5.74) is 3.22. The third-order valence-electron chi connectivity index (χ3n) is 3.55. The highest BCUT2D eigenvalue weighted by Crippen LogP contribution is 2.09. The van der Waals surface area contributed by atoms with Gasteiger partial charge in [0.15, 0.2) is 0 Å². The van der Waals surface area contributed by atoms with Gasteiger partial charge in [-0.05, 0) is 60.9 Å². The zero-order valence-electron chi connectivity index (χ0n) is 15.6. The highest BCUT2D eigenvalue weighted by atomic mass is 16.5. The Bertz CT molecular complexity index is 1030. The number of allylic oxidation sites excluding steroid dienone is 1. The molecule has 0 atom stereocenters. The summed E-state index contributed by atoms with van der Waals surface area (Å²) >= 11 is 0. The molecule has 3 heterocycles. The number of nitrogens with zero attached hydrogens (tertiary/aromatic N) is 3. The van der Waals surface area contributed by atoms with E-state index in [1.54, 1.807) is 30.9 Å². The second kappa shape index (κ2) is 10.3. The fourth-order valence-electron chi connectivity index (χ4n) is 2.16. The van der Waals surface area contributed by atoms with Crippen LogP contribution in [0.15, 0.2) is 67.3 Å². The van der Waals surface area contributed by atoms with Crippen LogP contribution in [0.4, 0.5) is 0 Å². The average molecular weight is 365 g/mol. The van der Waals surface area contributed by atoms with Crippen molar-refractivity contribution in [3.63, 3.8) is 0 Å². The van der Waals surface area contributed by atoms with Gasteiger partial charge in [-0.1, -0.05) is 24.7 Å². The van der Waals surface area contributed by atoms with Gasteiger partial charge in [0.05, 0.1) is 18.5 Å². The first-order chi connectivity index (χ1) is 13.8. The lowest BCUT2D eigenvalue weighted by atomic mass is 10.2. The van der Waals surface area contributed by atoms with Crippen molar-refractivity contribution >= 4 is 6.08 Å². The summed E-state index contributed by atoms with van der Waals surface area (Å²) in [6, 6.07) is 11.3. The Balaban J connectivity index is 1.58. The fourth-order valence-corrected chi connectivity index (χ4v) is 2.16. The molecule has 0 radical (unpaired) electrons. The first-order valence-electron chi connectivity index (χ1n) is 8.98. The smallest absolute Gasteiger partial charge is 0.137 e. The molecule has 0 aliphatic heterocycles. The first-order valence-corrected chi connectivity index (χ1v) is 8.98. The van der Waals surface area contributed by atoms with Crippen molar-refractivity contribution in [2.45, 2.75) is 13.3 Å². The highest BCUT2D eigenvalue weighted by molar-refractivity contribution is 5.51. The van der Waals surface area contributed by atoms with E-state index >= 15 is 0 Å². The van der Waals surface area contributed by atoms with Crippen molar-refractivity contribution in [3.8, 4) is 29.4 Å². The highest BCUT2D eigenvalue weighted by Gasteiger charge is 1.94. The lowest BCUT2D eigenvalue weighted by Gasteiger charge is -2.02. The normalized spacial score (nSPS) is 9.89. The molecule has 0 fully saturated rings. The Hall–Kier alpha value is -3.89. The Labute approximate surface area is 165 Å². The molecule has 0 spiro atoms. The summed E-state index contributed by atoms with van der Waals surface area (Å²) in [6.07, 6.45) is 11.5. The SMILES string of the molecule is CCCOc1ccc(C#Cc2ccc(/C=C/C#Cc3cccnc3)nc2)nc1. The minimum absolute atomic E-state index is 0.689. The Morgan fingerprint density at radius 3 is 2.57 bits per heavy atom. The molecule has 28 heavy (non-hydrogen) atoms. The maximum Gasteiger partial charge on any atom is 0.137 e. The molecule has 136 valence electrons. The molecular formula is C24H19N3O. The molecule has 0 saturated heterocycles.